The number of halogens is 3. The van der Waals surface area contributed by atoms with Crippen LogP contribution in [0.2, 0.25) is 0 Å². The molecule has 0 N–H and O–H groups in total. The second kappa shape index (κ2) is 5.99. The van der Waals surface area contributed by atoms with Crippen molar-refractivity contribution in [1.82, 2.24) is 4.57 Å². The Bertz CT molecular complexity index is 755. The Kier molecular flexibility index (Phi) is 4.30. The Morgan fingerprint density at radius 1 is 1.33 bits per heavy atom. The number of rotatable bonds is 4. The van der Waals surface area contributed by atoms with E-state index in [1.807, 2.05) is 0 Å². The fourth-order valence-corrected chi connectivity index (χ4v) is 2.08. The molecule has 0 fully saturated rings. The summed E-state index contributed by atoms with van der Waals surface area (Å²) in [6, 6.07) is 1.42. The van der Waals surface area contributed by atoms with E-state index >= 15 is 0 Å². The predicted octanol–water partition coefficient (Wildman–Crippen LogP) is 2.43. The number of aryl methyl sites for hydroxylation is 1. The van der Waals surface area contributed by atoms with Gasteiger partial charge in [-0.25, -0.2) is 18.0 Å². The lowest BCUT2D eigenvalue weighted by atomic mass is 10.1. The van der Waals surface area contributed by atoms with Gasteiger partial charge in [0, 0.05) is 12.3 Å². The van der Waals surface area contributed by atoms with E-state index in [0.717, 1.165) is 16.8 Å². The maximum absolute atomic E-state index is 13.9. The second-order valence-corrected chi connectivity index (χ2v) is 4.26. The molecule has 1 heterocycles. The molecule has 0 aliphatic carbocycles. The van der Waals surface area contributed by atoms with Gasteiger partial charge < -0.3 is 9.30 Å². The number of esters is 1. The second-order valence-electron chi connectivity index (χ2n) is 4.26. The Morgan fingerprint density at radius 3 is 2.67 bits per heavy atom. The number of carbonyl (C=O) groups is 1. The van der Waals surface area contributed by atoms with E-state index in [9.17, 15) is 22.8 Å². The van der Waals surface area contributed by atoms with Crippen LogP contribution < -0.4 is 5.43 Å². The lowest BCUT2D eigenvalue weighted by Gasteiger charge is -2.12. The highest BCUT2D eigenvalue weighted by atomic mass is 19.1. The maximum atomic E-state index is 13.9. The van der Waals surface area contributed by atoms with Crippen LogP contribution in [0.25, 0.3) is 10.9 Å². The van der Waals surface area contributed by atoms with Crippen molar-refractivity contribution in [2.75, 3.05) is 13.3 Å². The van der Waals surface area contributed by atoms with Crippen LogP contribution in [0.1, 0.15) is 17.3 Å². The molecular weight excluding hydrogens is 287 g/mol. The summed E-state index contributed by atoms with van der Waals surface area (Å²) in [6.07, 6.45) is 1.03. The van der Waals surface area contributed by atoms with Crippen molar-refractivity contribution in [2.45, 2.75) is 13.5 Å². The average Bonchev–Trinajstić information content (AvgIpc) is 2.42. The summed E-state index contributed by atoms with van der Waals surface area (Å²) in [7, 11) is 0. The average molecular weight is 299 g/mol. The van der Waals surface area contributed by atoms with Gasteiger partial charge in [-0.2, -0.15) is 0 Å². The van der Waals surface area contributed by atoms with Crippen molar-refractivity contribution in [3.8, 4) is 0 Å². The quantitative estimate of drug-likeness (QED) is 0.815. The third kappa shape index (κ3) is 2.76. The van der Waals surface area contributed by atoms with Crippen LogP contribution in [0.15, 0.2) is 23.1 Å². The third-order valence-corrected chi connectivity index (χ3v) is 2.91. The molecule has 2 aromatic rings. The minimum atomic E-state index is -0.994. The summed E-state index contributed by atoms with van der Waals surface area (Å²) in [6.45, 7) is 0.484. The summed E-state index contributed by atoms with van der Waals surface area (Å²) < 4.78 is 45.5. The van der Waals surface area contributed by atoms with Gasteiger partial charge in [0.1, 0.15) is 18.1 Å². The first-order chi connectivity index (χ1) is 9.99. The zero-order valence-electron chi connectivity index (χ0n) is 11.2. The van der Waals surface area contributed by atoms with Crippen LogP contribution in [0.4, 0.5) is 13.2 Å². The molecule has 0 spiro atoms. The molecule has 0 unspecified atom stereocenters. The fraction of sp³-hybridized carbons (Fsp3) is 0.286. The molecule has 0 saturated heterocycles. The van der Waals surface area contributed by atoms with Crippen molar-refractivity contribution >= 4 is 16.9 Å². The lowest BCUT2D eigenvalue weighted by Crippen LogP contribution is -2.22. The van der Waals surface area contributed by atoms with Crippen LogP contribution in [0.3, 0.4) is 0 Å². The van der Waals surface area contributed by atoms with Crippen molar-refractivity contribution in [3.05, 3.63) is 45.8 Å². The van der Waals surface area contributed by atoms with Crippen LogP contribution in [0.5, 0.6) is 0 Å². The highest BCUT2D eigenvalue weighted by Crippen LogP contribution is 2.18. The predicted molar refractivity (Wildman–Crippen MR) is 70.1 cm³/mol. The van der Waals surface area contributed by atoms with E-state index < -0.39 is 29.7 Å². The number of alkyl halides is 1. The van der Waals surface area contributed by atoms with Crippen molar-refractivity contribution in [2.24, 2.45) is 0 Å². The van der Waals surface area contributed by atoms with E-state index in [4.69, 9.17) is 4.74 Å². The molecule has 1 aromatic carbocycles. The number of carbonyl (C=O) groups excluding carboxylic acids is 1. The number of pyridine rings is 1. The first-order valence-electron chi connectivity index (χ1n) is 6.24. The molecule has 4 nitrogen and oxygen atoms in total. The van der Waals surface area contributed by atoms with E-state index in [0.29, 0.717) is 6.07 Å². The van der Waals surface area contributed by atoms with Gasteiger partial charge in [0.25, 0.3) is 0 Å². The van der Waals surface area contributed by atoms with Crippen LogP contribution in [0, 0.1) is 11.6 Å². The minimum absolute atomic E-state index is 0.0386. The molecule has 112 valence electrons. The number of nitrogens with zero attached hydrogens (tertiary/aromatic N) is 1. The van der Waals surface area contributed by atoms with Gasteiger partial charge in [0.15, 0.2) is 5.82 Å². The topological polar surface area (TPSA) is 48.3 Å². The third-order valence-electron chi connectivity index (χ3n) is 2.91. The number of aromatic nitrogens is 1. The molecule has 1 aromatic heterocycles. The number of hydrogen-bond donors (Lipinski definition) is 0. The molecule has 0 radical (unpaired) electrons. The van der Waals surface area contributed by atoms with Crippen LogP contribution in [-0.4, -0.2) is 23.8 Å². The molecule has 0 aliphatic rings. The Labute approximate surface area is 117 Å². The smallest absolute Gasteiger partial charge is 0.343 e. The standard InChI is InChI=1S/C14H12F3NO3/c1-2-21-14(20)10-7-18(4-3-15)12-9(13(10)19)5-8(16)6-11(12)17/h5-7H,2-4H2,1H3. The van der Waals surface area contributed by atoms with Gasteiger partial charge in [-0.3, -0.25) is 4.79 Å². The summed E-state index contributed by atoms with van der Waals surface area (Å²) in [4.78, 5) is 23.9. The van der Waals surface area contributed by atoms with E-state index in [-0.39, 0.29) is 29.6 Å². The van der Waals surface area contributed by atoms with Crippen LogP contribution in [-0.2, 0) is 11.3 Å². The molecule has 0 aliphatic heterocycles. The number of benzene rings is 1. The highest BCUT2D eigenvalue weighted by molar-refractivity contribution is 5.93. The largest absolute Gasteiger partial charge is 0.462 e. The van der Waals surface area contributed by atoms with Gasteiger partial charge in [0.2, 0.25) is 5.43 Å². The summed E-state index contributed by atoms with van der Waals surface area (Å²) in [5.41, 5.74) is -1.48. The molecule has 0 atom stereocenters. The summed E-state index contributed by atoms with van der Waals surface area (Å²) in [5.74, 6) is -2.86. The van der Waals surface area contributed by atoms with E-state index in [1.54, 1.807) is 6.92 Å². The lowest BCUT2D eigenvalue weighted by molar-refractivity contribution is 0.0524. The van der Waals surface area contributed by atoms with Gasteiger partial charge in [-0.15, -0.1) is 0 Å². The molecule has 0 amide bonds. The molecule has 0 bridgehead atoms. The minimum Gasteiger partial charge on any atom is -0.462 e. The van der Waals surface area contributed by atoms with E-state index in [1.165, 1.54) is 0 Å². The first kappa shape index (κ1) is 15.1. The Hall–Kier alpha value is -2.31. The van der Waals surface area contributed by atoms with Gasteiger partial charge >= 0.3 is 5.97 Å². The summed E-state index contributed by atoms with van der Waals surface area (Å²) >= 11 is 0. The number of ether oxygens (including phenoxy) is 1. The SMILES string of the molecule is CCOC(=O)c1cn(CCF)c2c(F)cc(F)cc2c1=O. The number of fused-ring (bicyclic) bond motifs is 1. The van der Waals surface area contributed by atoms with Crippen molar-refractivity contribution < 1.29 is 22.7 Å². The van der Waals surface area contributed by atoms with Gasteiger partial charge in [-0.05, 0) is 13.0 Å². The van der Waals surface area contributed by atoms with E-state index in [2.05, 4.69) is 0 Å². The first-order valence-corrected chi connectivity index (χ1v) is 6.24. The van der Waals surface area contributed by atoms with Crippen molar-refractivity contribution in [3.63, 3.8) is 0 Å². The fourth-order valence-electron chi connectivity index (χ4n) is 2.08. The molecule has 21 heavy (non-hydrogen) atoms. The Morgan fingerprint density at radius 2 is 2.05 bits per heavy atom. The normalized spacial score (nSPS) is 10.9. The van der Waals surface area contributed by atoms with Crippen LogP contribution >= 0.6 is 0 Å². The molecule has 7 heteroatoms. The maximum Gasteiger partial charge on any atom is 0.343 e. The zero-order chi connectivity index (χ0) is 15.6. The Balaban J connectivity index is 2.82. The molecular formula is C14H12F3NO3. The van der Waals surface area contributed by atoms with Gasteiger partial charge in [-0.1, -0.05) is 0 Å². The molecule has 2 rings (SSSR count). The zero-order valence-corrected chi connectivity index (χ0v) is 11.2. The highest BCUT2D eigenvalue weighted by Gasteiger charge is 2.19. The number of hydrogen-bond acceptors (Lipinski definition) is 3. The molecule has 0 saturated carbocycles. The monoisotopic (exact) mass is 299 g/mol. The van der Waals surface area contributed by atoms with Crippen molar-refractivity contribution in [1.29, 1.82) is 0 Å². The summed E-state index contributed by atoms with van der Waals surface area (Å²) in [5, 5.41) is -0.327. The van der Waals surface area contributed by atoms with Gasteiger partial charge in [0.05, 0.1) is 24.1 Å².